The van der Waals surface area contributed by atoms with E-state index in [4.69, 9.17) is 17.4 Å². The van der Waals surface area contributed by atoms with Gasteiger partial charge in [0.2, 0.25) is 0 Å². The zero-order chi connectivity index (χ0) is 13.1. The van der Waals surface area contributed by atoms with Gasteiger partial charge < -0.3 is 10.2 Å². The van der Waals surface area contributed by atoms with Gasteiger partial charge in [0.25, 0.3) is 5.91 Å². The van der Waals surface area contributed by atoms with Crippen LogP contribution in [0, 0.1) is 0 Å². The van der Waals surface area contributed by atoms with Crippen LogP contribution in [0.3, 0.4) is 0 Å². The first-order valence-electron chi connectivity index (χ1n) is 5.65. The van der Waals surface area contributed by atoms with Crippen molar-refractivity contribution in [1.29, 1.82) is 0 Å². The van der Waals surface area contributed by atoms with Gasteiger partial charge in [0.15, 0.2) is 0 Å². The third-order valence-corrected chi connectivity index (χ3v) is 2.94. The Morgan fingerprint density at radius 1 is 1.44 bits per heavy atom. The highest BCUT2D eigenvalue weighted by molar-refractivity contribution is 6.30. The van der Waals surface area contributed by atoms with E-state index >= 15 is 0 Å². The normalized spacial score (nSPS) is 14.7. The minimum atomic E-state index is -0.226. The van der Waals surface area contributed by atoms with Gasteiger partial charge in [-0.05, 0) is 31.2 Å². The molecule has 1 aromatic carbocycles. The Morgan fingerprint density at radius 2 is 2.11 bits per heavy atom. The highest BCUT2D eigenvalue weighted by Gasteiger charge is 2.23. The van der Waals surface area contributed by atoms with E-state index in [1.54, 1.807) is 30.5 Å². The average Bonchev–Trinajstić information content (AvgIpc) is 2.73. The minimum absolute atomic E-state index is 0.226. The molecule has 1 aliphatic heterocycles. The fourth-order valence-corrected chi connectivity index (χ4v) is 1.79. The number of nitrogens with zero attached hydrogens (tertiary/aromatic N) is 2. The highest BCUT2D eigenvalue weighted by Crippen LogP contribution is 2.17. The summed E-state index contributed by atoms with van der Waals surface area (Å²) in [5, 5.41) is 4.83. The van der Waals surface area contributed by atoms with Crippen molar-refractivity contribution in [3.05, 3.63) is 41.2 Å². The second-order valence-electron chi connectivity index (χ2n) is 3.99. The molecule has 0 fully saturated rings. The first-order valence-corrected chi connectivity index (χ1v) is 6.03. The van der Waals surface area contributed by atoms with Crippen LogP contribution in [0.4, 0.5) is 5.69 Å². The van der Waals surface area contributed by atoms with Gasteiger partial charge in [-0.2, -0.15) is 0 Å². The summed E-state index contributed by atoms with van der Waals surface area (Å²) in [6.07, 6.45) is 1.76. The fourth-order valence-electron chi connectivity index (χ4n) is 1.67. The SMILES string of the molecule is CCN1C=C(C(=O)Nc2ccc(Cl)cc2)N(N)C1. The van der Waals surface area contributed by atoms with Crippen LogP contribution >= 0.6 is 11.6 Å². The summed E-state index contributed by atoms with van der Waals surface area (Å²) >= 11 is 5.78. The van der Waals surface area contributed by atoms with Crippen LogP contribution in [0.25, 0.3) is 0 Å². The summed E-state index contributed by atoms with van der Waals surface area (Å²) in [6, 6.07) is 6.93. The number of hydrogen-bond donors (Lipinski definition) is 2. The quantitative estimate of drug-likeness (QED) is 0.816. The summed E-state index contributed by atoms with van der Waals surface area (Å²) in [5.41, 5.74) is 1.14. The maximum atomic E-state index is 12.0. The fraction of sp³-hybridized carbons (Fsp3) is 0.250. The van der Waals surface area contributed by atoms with Gasteiger partial charge in [0.05, 0.1) is 0 Å². The average molecular weight is 267 g/mol. The highest BCUT2D eigenvalue weighted by atomic mass is 35.5. The molecule has 1 aromatic rings. The summed E-state index contributed by atoms with van der Waals surface area (Å²) in [5.74, 6) is 5.54. The van der Waals surface area contributed by atoms with E-state index in [9.17, 15) is 4.79 Å². The van der Waals surface area contributed by atoms with Crippen LogP contribution in [-0.4, -0.2) is 29.0 Å². The van der Waals surface area contributed by atoms with Crippen LogP contribution < -0.4 is 11.2 Å². The largest absolute Gasteiger partial charge is 0.357 e. The number of benzene rings is 1. The number of halogens is 1. The van der Waals surface area contributed by atoms with Crippen molar-refractivity contribution in [2.24, 2.45) is 5.84 Å². The molecule has 0 saturated carbocycles. The lowest BCUT2D eigenvalue weighted by Crippen LogP contribution is -2.36. The molecule has 1 aliphatic rings. The van der Waals surface area contributed by atoms with Gasteiger partial charge in [0.1, 0.15) is 12.4 Å². The second-order valence-corrected chi connectivity index (χ2v) is 4.43. The number of rotatable bonds is 3. The topological polar surface area (TPSA) is 61.6 Å². The van der Waals surface area contributed by atoms with E-state index in [2.05, 4.69) is 5.32 Å². The first kappa shape index (κ1) is 12.7. The van der Waals surface area contributed by atoms with E-state index in [-0.39, 0.29) is 5.91 Å². The molecule has 1 heterocycles. The zero-order valence-corrected chi connectivity index (χ0v) is 10.8. The number of carbonyl (C=O) groups is 1. The number of hydrazine groups is 1. The molecule has 0 bridgehead atoms. The van der Waals surface area contributed by atoms with Crippen LogP contribution in [0.5, 0.6) is 0 Å². The molecule has 0 saturated heterocycles. The summed E-state index contributed by atoms with van der Waals surface area (Å²) in [7, 11) is 0. The summed E-state index contributed by atoms with van der Waals surface area (Å²) in [6.45, 7) is 3.34. The lowest BCUT2D eigenvalue weighted by molar-refractivity contribution is -0.114. The molecule has 5 nitrogen and oxygen atoms in total. The van der Waals surface area contributed by atoms with Crippen molar-refractivity contribution in [2.45, 2.75) is 6.92 Å². The Hall–Kier alpha value is -1.72. The number of amides is 1. The van der Waals surface area contributed by atoms with Crippen LogP contribution in [0.15, 0.2) is 36.2 Å². The zero-order valence-electron chi connectivity index (χ0n) is 10.1. The summed E-state index contributed by atoms with van der Waals surface area (Å²) < 4.78 is 0. The molecular weight excluding hydrogens is 252 g/mol. The predicted molar refractivity (Wildman–Crippen MR) is 71.4 cm³/mol. The maximum absolute atomic E-state index is 12.0. The Morgan fingerprint density at radius 3 is 2.67 bits per heavy atom. The van der Waals surface area contributed by atoms with Crippen LogP contribution in [0.2, 0.25) is 5.02 Å². The molecule has 0 aromatic heterocycles. The van der Waals surface area contributed by atoms with E-state index in [1.165, 1.54) is 5.01 Å². The van der Waals surface area contributed by atoms with Crippen LogP contribution in [0.1, 0.15) is 6.92 Å². The minimum Gasteiger partial charge on any atom is -0.357 e. The van der Waals surface area contributed by atoms with Gasteiger partial charge in [-0.1, -0.05) is 11.6 Å². The molecule has 6 heteroatoms. The van der Waals surface area contributed by atoms with Crippen molar-refractivity contribution in [1.82, 2.24) is 9.91 Å². The molecule has 0 atom stereocenters. The predicted octanol–water partition coefficient (Wildman–Crippen LogP) is 1.59. The van der Waals surface area contributed by atoms with Gasteiger partial charge >= 0.3 is 0 Å². The molecular formula is C12H15ClN4O. The molecule has 1 amide bonds. The maximum Gasteiger partial charge on any atom is 0.274 e. The van der Waals surface area contributed by atoms with Gasteiger partial charge in [-0.25, -0.2) is 5.84 Å². The molecule has 3 N–H and O–H groups in total. The Kier molecular flexibility index (Phi) is 3.74. The molecule has 0 unspecified atom stereocenters. The van der Waals surface area contributed by atoms with Crippen molar-refractivity contribution >= 4 is 23.2 Å². The number of anilines is 1. The molecule has 18 heavy (non-hydrogen) atoms. The standard InChI is InChI=1S/C12H15ClN4O/c1-2-16-7-11(17(14)8-16)12(18)15-10-5-3-9(13)4-6-10/h3-7H,2,8,14H2,1H3,(H,15,18). The molecule has 96 valence electrons. The monoisotopic (exact) mass is 266 g/mol. The third-order valence-electron chi connectivity index (χ3n) is 2.69. The van der Waals surface area contributed by atoms with Gasteiger partial charge in [-0.15, -0.1) is 0 Å². The second kappa shape index (κ2) is 5.29. The Bertz CT molecular complexity index is 471. The van der Waals surface area contributed by atoms with Crippen LogP contribution in [-0.2, 0) is 4.79 Å². The lowest BCUT2D eigenvalue weighted by Gasteiger charge is -2.16. The number of carbonyl (C=O) groups excluding carboxylic acids is 1. The first-order chi connectivity index (χ1) is 8.60. The number of hydrogen-bond acceptors (Lipinski definition) is 4. The molecule has 2 rings (SSSR count). The molecule has 0 aliphatic carbocycles. The lowest BCUT2D eigenvalue weighted by atomic mass is 10.3. The van der Waals surface area contributed by atoms with Crippen molar-refractivity contribution in [3.63, 3.8) is 0 Å². The Balaban J connectivity index is 2.06. The third kappa shape index (κ3) is 2.75. The Labute approximate surface area is 111 Å². The van der Waals surface area contributed by atoms with E-state index in [0.717, 1.165) is 6.54 Å². The number of nitrogens with two attached hydrogens (primary N) is 1. The van der Waals surface area contributed by atoms with Crippen molar-refractivity contribution in [3.8, 4) is 0 Å². The van der Waals surface area contributed by atoms with Gasteiger partial charge in [0, 0.05) is 23.5 Å². The van der Waals surface area contributed by atoms with E-state index < -0.39 is 0 Å². The molecule has 0 radical (unpaired) electrons. The van der Waals surface area contributed by atoms with Gasteiger partial charge in [-0.3, -0.25) is 9.80 Å². The van der Waals surface area contributed by atoms with Crippen molar-refractivity contribution < 1.29 is 4.79 Å². The summed E-state index contributed by atoms with van der Waals surface area (Å²) in [4.78, 5) is 14.0. The smallest absolute Gasteiger partial charge is 0.274 e. The number of nitrogens with one attached hydrogen (secondary N) is 1. The van der Waals surface area contributed by atoms with E-state index in [1.807, 2.05) is 11.8 Å². The molecule has 0 spiro atoms. The van der Waals surface area contributed by atoms with Crippen molar-refractivity contribution in [2.75, 3.05) is 18.5 Å². The van der Waals surface area contributed by atoms with E-state index in [0.29, 0.717) is 23.1 Å².